The molecular formula is C16H16ClN3O. The summed E-state index contributed by atoms with van der Waals surface area (Å²) in [4.78, 5) is 6.37. The number of halogens is 1. The molecule has 0 saturated carbocycles. The summed E-state index contributed by atoms with van der Waals surface area (Å²) in [6.07, 6.45) is 0. The molecule has 1 heterocycles. The van der Waals surface area contributed by atoms with Crippen molar-refractivity contribution in [3.63, 3.8) is 0 Å². The number of guanidine groups is 1. The van der Waals surface area contributed by atoms with Crippen molar-refractivity contribution in [2.24, 2.45) is 10.7 Å². The van der Waals surface area contributed by atoms with E-state index in [1.807, 2.05) is 53.4 Å². The molecule has 3 rings (SSSR count). The molecule has 4 nitrogen and oxygen atoms in total. The largest absolute Gasteiger partial charge is 0.497 e. The third kappa shape index (κ3) is 2.54. The molecule has 0 amide bonds. The van der Waals surface area contributed by atoms with Crippen LogP contribution in [0.5, 0.6) is 5.75 Å². The first-order valence-electron chi connectivity index (χ1n) is 6.68. The Kier molecular flexibility index (Phi) is 3.71. The molecule has 2 N–H and O–H groups in total. The Morgan fingerprint density at radius 3 is 2.57 bits per heavy atom. The summed E-state index contributed by atoms with van der Waals surface area (Å²) in [6.45, 7) is 0.599. The van der Waals surface area contributed by atoms with Gasteiger partial charge in [-0.3, -0.25) is 4.99 Å². The van der Waals surface area contributed by atoms with Crippen molar-refractivity contribution in [1.82, 2.24) is 0 Å². The van der Waals surface area contributed by atoms with E-state index in [4.69, 9.17) is 22.1 Å². The number of hydrogen-bond acceptors (Lipinski definition) is 4. The van der Waals surface area contributed by atoms with Crippen LogP contribution in [0.15, 0.2) is 53.5 Å². The van der Waals surface area contributed by atoms with Crippen molar-refractivity contribution in [2.45, 2.75) is 6.04 Å². The lowest BCUT2D eigenvalue weighted by Gasteiger charge is -2.27. The molecule has 0 spiro atoms. The van der Waals surface area contributed by atoms with Gasteiger partial charge in [0, 0.05) is 10.7 Å². The van der Waals surface area contributed by atoms with Gasteiger partial charge in [0.05, 0.1) is 19.7 Å². The van der Waals surface area contributed by atoms with Crippen LogP contribution >= 0.6 is 11.6 Å². The Balaban J connectivity index is 1.97. The highest BCUT2D eigenvalue weighted by Crippen LogP contribution is 2.34. The number of methoxy groups -OCH3 is 1. The van der Waals surface area contributed by atoms with Gasteiger partial charge in [0.1, 0.15) is 5.75 Å². The van der Waals surface area contributed by atoms with Crippen molar-refractivity contribution >= 4 is 23.2 Å². The van der Waals surface area contributed by atoms with E-state index in [1.165, 1.54) is 0 Å². The van der Waals surface area contributed by atoms with Gasteiger partial charge in [-0.05, 0) is 35.9 Å². The molecule has 0 fully saturated rings. The van der Waals surface area contributed by atoms with Crippen LogP contribution in [0.2, 0.25) is 5.02 Å². The summed E-state index contributed by atoms with van der Waals surface area (Å²) in [5.74, 6) is 1.31. The molecule has 2 aromatic rings. The zero-order valence-electron chi connectivity index (χ0n) is 11.7. The van der Waals surface area contributed by atoms with Crippen molar-refractivity contribution in [3.05, 3.63) is 59.1 Å². The van der Waals surface area contributed by atoms with Crippen LogP contribution in [0.25, 0.3) is 0 Å². The van der Waals surface area contributed by atoms with Crippen LogP contribution < -0.4 is 15.4 Å². The minimum absolute atomic E-state index is 0.0205. The topological polar surface area (TPSA) is 50.9 Å². The fourth-order valence-corrected chi connectivity index (χ4v) is 2.80. The van der Waals surface area contributed by atoms with Gasteiger partial charge in [-0.1, -0.05) is 29.8 Å². The highest BCUT2D eigenvalue weighted by Gasteiger charge is 2.30. The summed E-state index contributed by atoms with van der Waals surface area (Å²) < 4.78 is 5.19. The van der Waals surface area contributed by atoms with Gasteiger partial charge in [-0.25, -0.2) is 0 Å². The Morgan fingerprint density at radius 2 is 1.90 bits per heavy atom. The van der Waals surface area contributed by atoms with Gasteiger partial charge < -0.3 is 15.4 Å². The van der Waals surface area contributed by atoms with Crippen LogP contribution in [-0.4, -0.2) is 19.6 Å². The lowest BCUT2D eigenvalue weighted by Crippen LogP contribution is -2.36. The highest BCUT2D eigenvalue weighted by atomic mass is 35.5. The van der Waals surface area contributed by atoms with E-state index in [-0.39, 0.29) is 6.04 Å². The van der Waals surface area contributed by atoms with Gasteiger partial charge >= 0.3 is 0 Å². The maximum atomic E-state index is 6.31. The highest BCUT2D eigenvalue weighted by molar-refractivity contribution is 6.31. The zero-order chi connectivity index (χ0) is 14.8. The van der Waals surface area contributed by atoms with Crippen molar-refractivity contribution in [1.29, 1.82) is 0 Å². The van der Waals surface area contributed by atoms with Gasteiger partial charge in [0.15, 0.2) is 5.96 Å². The SMILES string of the molecule is COc1ccc(N2C(N)=NCC2c2ccccc2Cl)cc1. The second kappa shape index (κ2) is 5.66. The molecule has 0 saturated heterocycles. The minimum atomic E-state index is 0.0205. The zero-order valence-corrected chi connectivity index (χ0v) is 12.4. The van der Waals surface area contributed by atoms with Gasteiger partial charge in [-0.15, -0.1) is 0 Å². The third-order valence-electron chi connectivity index (χ3n) is 3.60. The molecule has 1 aliphatic heterocycles. The molecular weight excluding hydrogens is 286 g/mol. The van der Waals surface area contributed by atoms with Gasteiger partial charge in [0.2, 0.25) is 0 Å². The number of aliphatic imine (C=N–C) groups is 1. The number of hydrogen-bond donors (Lipinski definition) is 1. The first-order chi connectivity index (χ1) is 10.2. The van der Waals surface area contributed by atoms with E-state index < -0.39 is 0 Å². The Labute approximate surface area is 128 Å². The average Bonchev–Trinajstić information content (AvgIpc) is 2.89. The lowest BCUT2D eigenvalue weighted by atomic mass is 10.1. The molecule has 21 heavy (non-hydrogen) atoms. The fraction of sp³-hybridized carbons (Fsp3) is 0.188. The van der Waals surface area contributed by atoms with E-state index in [0.717, 1.165) is 22.0 Å². The van der Waals surface area contributed by atoms with Crippen molar-refractivity contribution in [2.75, 3.05) is 18.6 Å². The second-order valence-corrected chi connectivity index (χ2v) is 5.21. The molecule has 1 atom stereocenters. The number of ether oxygens (including phenoxy) is 1. The number of nitrogens with zero attached hydrogens (tertiary/aromatic N) is 2. The average molecular weight is 302 g/mol. The maximum Gasteiger partial charge on any atom is 0.196 e. The minimum Gasteiger partial charge on any atom is -0.497 e. The quantitative estimate of drug-likeness (QED) is 0.947. The summed E-state index contributed by atoms with van der Waals surface area (Å²) in [7, 11) is 1.65. The van der Waals surface area contributed by atoms with Gasteiger partial charge in [0.25, 0.3) is 0 Å². The molecule has 0 aliphatic carbocycles. The maximum absolute atomic E-state index is 6.31. The predicted octanol–water partition coefficient (Wildman–Crippen LogP) is 3.22. The van der Waals surface area contributed by atoms with Crippen LogP contribution in [0, 0.1) is 0 Å². The number of rotatable bonds is 3. The molecule has 0 aromatic heterocycles. The molecule has 0 bridgehead atoms. The summed E-state index contributed by atoms with van der Waals surface area (Å²) in [5, 5.41) is 0.728. The fourth-order valence-electron chi connectivity index (χ4n) is 2.54. The van der Waals surface area contributed by atoms with E-state index >= 15 is 0 Å². The first-order valence-corrected chi connectivity index (χ1v) is 7.06. The molecule has 2 aromatic carbocycles. The number of anilines is 1. The summed E-state index contributed by atoms with van der Waals surface area (Å²) in [5.41, 5.74) is 8.06. The summed E-state index contributed by atoms with van der Waals surface area (Å²) in [6, 6.07) is 15.6. The molecule has 0 radical (unpaired) electrons. The first kappa shape index (κ1) is 13.8. The molecule has 5 heteroatoms. The molecule has 1 unspecified atom stereocenters. The standard InChI is InChI=1S/C16H16ClN3O/c1-21-12-8-6-11(7-9-12)20-15(10-19-16(20)18)13-4-2-3-5-14(13)17/h2-9,15H,10H2,1H3,(H2,18,19). The third-order valence-corrected chi connectivity index (χ3v) is 3.94. The number of nitrogens with two attached hydrogens (primary N) is 1. The molecule has 108 valence electrons. The number of benzene rings is 2. The van der Waals surface area contributed by atoms with Crippen LogP contribution in [0.1, 0.15) is 11.6 Å². The Bertz CT molecular complexity index is 669. The van der Waals surface area contributed by atoms with Crippen LogP contribution in [0.3, 0.4) is 0 Å². The van der Waals surface area contributed by atoms with E-state index in [0.29, 0.717) is 12.5 Å². The van der Waals surface area contributed by atoms with E-state index in [2.05, 4.69) is 4.99 Å². The molecule has 1 aliphatic rings. The van der Waals surface area contributed by atoms with E-state index in [9.17, 15) is 0 Å². The summed E-state index contributed by atoms with van der Waals surface area (Å²) >= 11 is 6.31. The smallest absolute Gasteiger partial charge is 0.196 e. The van der Waals surface area contributed by atoms with E-state index in [1.54, 1.807) is 7.11 Å². The van der Waals surface area contributed by atoms with Gasteiger partial charge in [-0.2, -0.15) is 0 Å². The monoisotopic (exact) mass is 301 g/mol. The van der Waals surface area contributed by atoms with Crippen LogP contribution in [0.4, 0.5) is 5.69 Å². The van der Waals surface area contributed by atoms with Crippen LogP contribution in [-0.2, 0) is 0 Å². The Morgan fingerprint density at radius 1 is 1.19 bits per heavy atom. The lowest BCUT2D eigenvalue weighted by molar-refractivity contribution is 0.415. The van der Waals surface area contributed by atoms with Crippen molar-refractivity contribution in [3.8, 4) is 5.75 Å². The normalized spacial score (nSPS) is 17.7. The predicted molar refractivity (Wildman–Crippen MR) is 86.2 cm³/mol. The second-order valence-electron chi connectivity index (χ2n) is 4.80. The van der Waals surface area contributed by atoms with Crippen molar-refractivity contribution < 1.29 is 4.74 Å². The Hall–Kier alpha value is -2.20.